The van der Waals surface area contributed by atoms with Gasteiger partial charge in [-0.2, -0.15) is 0 Å². The Morgan fingerprint density at radius 1 is 1.33 bits per heavy atom. The van der Waals surface area contributed by atoms with E-state index >= 15 is 0 Å². The van der Waals surface area contributed by atoms with Gasteiger partial charge in [0.2, 0.25) is 0 Å². The highest BCUT2D eigenvalue weighted by Gasteiger charge is 2.23. The largest absolute Gasteiger partial charge is 0.465 e. The first-order valence-corrected chi connectivity index (χ1v) is 5.84. The molecule has 0 bridgehead atoms. The van der Waals surface area contributed by atoms with Crippen LogP contribution < -0.4 is 5.73 Å². The summed E-state index contributed by atoms with van der Waals surface area (Å²) in [5.74, 6) is -2.22. The lowest BCUT2D eigenvalue weighted by atomic mass is 10.0. The van der Waals surface area contributed by atoms with E-state index in [9.17, 15) is 13.6 Å². The predicted molar refractivity (Wildman–Crippen MR) is 65.4 cm³/mol. The quantitative estimate of drug-likeness (QED) is 0.852. The highest BCUT2D eigenvalue weighted by molar-refractivity contribution is 7.14. The number of rotatable bonds is 2. The Labute approximate surface area is 106 Å². The molecule has 2 N–H and O–H groups in total. The first-order valence-electron chi connectivity index (χ1n) is 4.96. The molecular formula is C12H9F2NO2S. The third kappa shape index (κ3) is 1.95. The smallest absolute Gasteiger partial charge is 0.341 e. The molecule has 2 rings (SSSR count). The Morgan fingerprint density at radius 3 is 2.50 bits per heavy atom. The van der Waals surface area contributed by atoms with Crippen molar-refractivity contribution in [2.24, 2.45) is 0 Å². The van der Waals surface area contributed by atoms with E-state index in [1.807, 2.05) is 0 Å². The number of carbonyl (C=O) groups excluding carboxylic acids is 1. The van der Waals surface area contributed by atoms with E-state index in [0.29, 0.717) is 0 Å². The van der Waals surface area contributed by atoms with Crippen LogP contribution in [0, 0.1) is 11.6 Å². The minimum Gasteiger partial charge on any atom is -0.465 e. The topological polar surface area (TPSA) is 52.3 Å². The molecule has 0 atom stereocenters. The van der Waals surface area contributed by atoms with Gasteiger partial charge in [-0.05, 0) is 12.1 Å². The normalized spacial score (nSPS) is 10.4. The van der Waals surface area contributed by atoms with Crippen LogP contribution in [0.5, 0.6) is 0 Å². The zero-order valence-electron chi connectivity index (χ0n) is 9.37. The maximum atomic E-state index is 13.7. The van der Waals surface area contributed by atoms with Gasteiger partial charge in [0.25, 0.3) is 0 Å². The number of carbonyl (C=O) groups is 1. The van der Waals surface area contributed by atoms with E-state index in [1.165, 1.54) is 18.6 Å². The van der Waals surface area contributed by atoms with E-state index in [0.717, 1.165) is 23.5 Å². The molecule has 0 aliphatic carbocycles. The molecule has 0 aliphatic heterocycles. The summed E-state index contributed by atoms with van der Waals surface area (Å²) in [5, 5.41) is 1.60. The van der Waals surface area contributed by atoms with Gasteiger partial charge in [0.1, 0.15) is 22.2 Å². The van der Waals surface area contributed by atoms with E-state index in [1.54, 1.807) is 0 Å². The van der Waals surface area contributed by atoms with E-state index in [4.69, 9.17) is 5.73 Å². The fourth-order valence-corrected chi connectivity index (χ4v) is 2.42. The molecule has 2 aromatic rings. The molecule has 1 heterocycles. The van der Waals surface area contributed by atoms with Gasteiger partial charge in [0, 0.05) is 10.9 Å². The van der Waals surface area contributed by atoms with Crippen LogP contribution >= 0.6 is 11.3 Å². The average Bonchev–Trinajstić information content (AvgIpc) is 2.70. The van der Waals surface area contributed by atoms with E-state index in [2.05, 4.69) is 4.74 Å². The molecule has 1 aromatic carbocycles. The van der Waals surface area contributed by atoms with Crippen LogP contribution in [0.2, 0.25) is 0 Å². The maximum Gasteiger partial charge on any atom is 0.341 e. The molecule has 0 aliphatic rings. The number of benzene rings is 1. The molecule has 0 saturated carbocycles. The Hall–Kier alpha value is -1.95. The molecule has 0 spiro atoms. The van der Waals surface area contributed by atoms with Gasteiger partial charge in [-0.25, -0.2) is 13.6 Å². The van der Waals surface area contributed by atoms with Crippen LogP contribution in [-0.4, -0.2) is 13.1 Å². The monoisotopic (exact) mass is 269 g/mol. The predicted octanol–water partition coefficient (Wildman–Crippen LogP) is 3.06. The van der Waals surface area contributed by atoms with Gasteiger partial charge in [-0.3, -0.25) is 0 Å². The van der Waals surface area contributed by atoms with Gasteiger partial charge < -0.3 is 10.5 Å². The third-order valence-corrected chi connectivity index (χ3v) is 3.25. The second-order valence-corrected chi connectivity index (χ2v) is 4.39. The van der Waals surface area contributed by atoms with Crippen molar-refractivity contribution in [2.45, 2.75) is 0 Å². The van der Waals surface area contributed by atoms with Gasteiger partial charge in [-0.15, -0.1) is 11.3 Å². The van der Waals surface area contributed by atoms with Crippen LogP contribution in [0.15, 0.2) is 23.6 Å². The number of ether oxygens (including phenoxy) is 1. The lowest BCUT2D eigenvalue weighted by molar-refractivity contribution is 0.0603. The number of nitrogen functional groups attached to an aromatic ring is 1. The third-order valence-electron chi connectivity index (χ3n) is 2.44. The molecule has 3 nitrogen and oxygen atoms in total. The van der Waals surface area contributed by atoms with Crippen molar-refractivity contribution >= 4 is 22.3 Å². The zero-order valence-corrected chi connectivity index (χ0v) is 10.2. The van der Waals surface area contributed by atoms with Crippen LogP contribution in [0.25, 0.3) is 11.1 Å². The number of anilines is 1. The van der Waals surface area contributed by atoms with Gasteiger partial charge in [0.05, 0.1) is 12.7 Å². The van der Waals surface area contributed by atoms with Crippen LogP contribution in [0.1, 0.15) is 10.4 Å². The summed E-state index contributed by atoms with van der Waals surface area (Å²) in [6.07, 6.45) is 0. The fourth-order valence-electron chi connectivity index (χ4n) is 1.62. The SMILES string of the molecule is COC(=O)c1c(-c2c(F)cccc2F)csc1N. The number of hydrogen-bond donors (Lipinski definition) is 1. The average molecular weight is 269 g/mol. The lowest BCUT2D eigenvalue weighted by Gasteiger charge is -2.06. The van der Waals surface area contributed by atoms with Crippen LogP contribution in [0.4, 0.5) is 13.8 Å². The highest BCUT2D eigenvalue weighted by atomic mass is 32.1. The summed E-state index contributed by atoms with van der Waals surface area (Å²) in [6.45, 7) is 0. The number of hydrogen-bond acceptors (Lipinski definition) is 4. The summed E-state index contributed by atoms with van der Waals surface area (Å²) < 4.78 is 31.9. The Morgan fingerprint density at radius 2 is 1.94 bits per heavy atom. The first kappa shape index (κ1) is 12.5. The molecule has 6 heteroatoms. The molecular weight excluding hydrogens is 260 g/mol. The first-order chi connectivity index (χ1) is 8.56. The molecule has 94 valence electrons. The van der Waals surface area contributed by atoms with Gasteiger partial charge in [-0.1, -0.05) is 6.07 Å². The molecule has 18 heavy (non-hydrogen) atoms. The van der Waals surface area contributed by atoms with Crippen molar-refractivity contribution in [3.05, 3.63) is 40.8 Å². The second kappa shape index (κ2) is 4.73. The van der Waals surface area contributed by atoms with Crippen molar-refractivity contribution in [1.29, 1.82) is 0 Å². The van der Waals surface area contributed by atoms with Crippen molar-refractivity contribution in [1.82, 2.24) is 0 Å². The van der Waals surface area contributed by atoms with Gasteiger partial charge in [0.15, 0.2) is 0 Å². The number of halogens is 2. The zero-order chi connectivity index (χ0) is 13.3. The fraction of sp³-hybridized carbons (Fsp3) is 0.0833. The molecule has 0 fully saturated rings. The van der Waals surface area contributed by atoms with Crippen molar-refractivity contribution in [2.75, 3.05) is 12.8 Å². The maximum absolute atomic E-state index is 13.7. The van der Waals surface area contributed by atoms with Crippen LogP contribution in [-0.2, 0) is 4.74 Å². The number of esters is 1. The summed E-state index contributed by atoms with van der Waals surface area (Å²) in [7, 11) is 1.18. The minimum atomic E-state index is -0.752. The van der Waals surface area contributed by atoms with Gasteiger partial charge >= 0.3 is 5.97 Å². The van der Waals surface area contributed by atoms with Crippen molar-refractivity contribution in [3.8, 4) is 11.1 Å². The molecule has 0 amide bonds. The molecule has 0 saturated heterocycles. The standard InChI is InChI=1S/C12H9F2NO2S/c1-17-12(16)10-6(5-18-11(10)15)9-7(13)3-2-4-8(9)14/h2-5H,15H2,1H3. The van der Waals surface area contributed by atoms with Crippen LogP contribution in [0.3, 0.4) is 0 Å². The number of thiophene rings is 1. The van der Waals surface area contributed by atoms with Crippen molar-refractivity contribution < 1.29 is 18.3 Å². The number of methoxy groups -OCH3 is 1. The summed E-state index contributed by atoms with van der Waals surface area (Å²) in [4.78, 5) is 11.6. The minimum absolute atomic E-state index is 0.00787. The molecule has 0 radical (unpaired) electrons. The van der Waals surface area contributed by atoms with E-state index in [-0.39, 0.29) is 21.7 Å². The van der Waals surface area contributed by atoms with Crippen molar-refractivity contribution in [3.63, 3.8) is 0 Å². The van der Waals surface area contributed by atoms with E-state index < -0.39 is 17.6 Å². The summed E-state index contributed by atoms with van der Waals surface area (Å²) >= 11 is 1.03. The Balaban J connectivity index is 2.69. The Kier molecular flexibility index (Phi) is 3.29. The molecule has 0 unspecified atom stereocenters. The summed E-state index contributed by atoms with van der Waals surface area (Å²) in [6, 6.07) is 3.49. The summed E-state index contributed by atoms with van der Waals surface area (Å²) in [5.41, 5.74) is 5.46. The number of nitrogens with two attached hydrogens (primary N) is 1. The highest BCUT2D eigenvalue weighted by Crippen LogP contribution is 2.36. The molecule has 1 aromatic heterocycles. The lowest BCUT2D eigenvalue weighted by Crippen LogP contribution is -2.05. The Bertz CT molecular complexity index is 590. The second-order valence-electron chi connectivity index (χ2n) is 3.48.